The third kappa shape index (κ3) is 4.19. The molecule has 1 aromatic heterocycles. The summed E-state index contributed by atoms with van der Waals surface area (Å²) in [4.78, 5) is 18.6. The summed E-state index contributed by atoms with van der Waals surface area (Å²) in [6.45, 7) is 4.05. The number of carbonyl (C=O) groups is 1. The maximum absolute atomic E-state index is 12.3. The number of carbonyl (C=O) groups excluding carboxylic acids is 1. The smallest absolute Gasteiger partial charge is 0.234 e. The highest BCUT2D eigenvalue weighted by molar-refractivity contribution is 5.78. The molecule has 0 radical (unpaired) electrons. The summed E-state index contributed by atoms with van der Waals surface area (Å²) in [5.41, 5.74) is 0.958. The van der Waals surface area contributed by atoms with Gasteiger partial charge in [-0.3, -0.25) is 9.69 Å². The van der Waals surface area contributed by atoms with Crippen LogP contribution in [0.2, 0.25) is 0 Å². The molecule has 3 heterocycles. The molecule has 23 heavy (non-hydrogen) atoms. The monoisotopic (exact) mass is 321 g/mol. The van der Waals surface area contributed by atoms with Crippen molar-refractivity contribution in [3.63, 3.8) is 0 Å². The van der Waals surface area contributed by atoms with Gasteiger partial charge >= 0.3 is 0 Å². The van der Waals surface area contributed by atoms with Crippen LogP contribution in [0.5, 0.6) is 5.88 Å². The van der Waals surface area contributed by atoms with Crippen LogP contribution in [0.4, 0.5) is 0 Å². The highest BCUT2D eigenvalue weighted by atomic mass is 16.5. The lowest BCUT2D eigenvalue weighted by atomic mass is 10.0. The minimum absolute atomic E-state index is 0.0151. The Morgan fingerprint density at radius 3 is 2.91 bits per heavy atom. The Hall–Kier alpha value is -1.70. The molecule has 3 rings (SSSR count). The van der Waals surface area contributed by atoms with Gasteiger partial charge in [0.25, 0.3) is 0 Å². The van der Waals surface area contributed by atoms with Crippen LogP contribution in [0.3, 0.4) is 0 Å². The van der Waals surface area contributed by atoms with Crippen molar-refractivity contribution < 1.29 is 19.0 Å². The molecule has 2 aliphatic rings. The number of ether oxygens (including phenoxy) is 3. The van der Waals surface area contributed by atoms with Crippen LogP contribution in [0, 0.1) is 0 Å². The van der Waals surface area contributed by atoms with Gasteiger partial charge in [0.15, 0.2) is 0 Å². The highest BCUT2D eigenvalue weighted by Crippen LogP contribution is 2.29. The molecule has 0 bridgehead atoms. The van der Waals surface area contributed by atoms with Crippen molar-refractivity contribution in [3.05, 3.63) is 23.9 Å². The van der Waals surface area contributed by atoms with Gasteiger partial charge in [-0.25, -0.2) is 4.98 Å². The van der Waals surface area contributed by atoms with E-state index >= 15 is 0 Å². The summed E-state index contributed by atoms with van der Waals surface area (Å²) in [6, 6.07) is 3.73. The number of hydrogen-bond donors (Lipinski definition) is 1. The first-order valence-corrected chi connectivity index (χ1v) is 7.97. The minimum atomic E-state index is -0.151. The average molecular weight is 321 g/mol. The third-order valence-electron chi connectivity index (χ3n) is 4.21. The molecule has 7 heteroatoms. The van der Waals surface area contributed by atoms with E-state index < -0.39 is 0 Å². The van der Waals surface area contributed by atoms with Gasteiger partial charge in [-0.2, -0.15) is 0 Å². The lowest BCUT2D eigenvalue weighted by molar-refractivity contribution is -0.124. The SMILES string of the molecule is COc1ccc([C@H]2OCC[C@@H]2NC(=O)CN2CCOCC2)cn1. The van der Waals surface area contributed by atoms with Crippen LogP contribution in [0.1, 0.15) is 18.1 Å². The van der Waals surface area contributed by atoms with E-state index in [1.54, 1.807) is 13.3 Å². The zero-order valence-corrected chi connectivity index (χ0v) is 13.4. The van der Waals surface area contributed by atoms with E-state index in [9.17, 15) is 4.79 Å². The van der Waals surface area contributed by atoms with Crippen LogP contribution in [0.25, 0.3) is 0 Å². The standard InChI is InChI=1S/C16H23N3O4/c1-21-15-3-2-12(10-17-15)16-13(4-7-23-16)18-14(20)11-19-5-8-22-9-6-19/h2-3,10,13,16H,4-9,11H2,1H3,(H,18,20)/t13-,16+/m0/s1. The fourth-order valence-electron chi connectivity index (χ4n) is 2.96. The van der Waals surface area contributed by atoms with Crippen molar-refractivity contribution in [2.75, 3.05) is 46.6 Å². The van der Waals surface area contributed by atoms with Crippen molar-refractivity contribution in [2.45, 2.75) is 18.6 Å². The zero-order chi connectivity index (χ0) is 16.1. The number of pyridine rings is 1. The minimum Gasteiger partial charge on any atom is -0.481 e. The zero-order valence-electron chi connectivity index (χ0n) is 13.4. The summed E-state index contributed by atoms with van der Waals surface area (Å²) in [6.07, 6.45) is 2.41. The summed E-state index contributed by atoms with van der Waals surface area (Å²) in [5, 5.41) is 3.10. The first kappa shape index (κ1) is 16.2. The van der Waals surface area contributed by atoms with Crippen molar-refractivity contribution >= 4 is 5.91 Å². The van der Waals surface area contributed by atoms with E-state index in [0.29, 0.717) is 32.2 Å². The normalized spacial score (nSPS) is 25.3. The summed E-state index contributed by atoms with van der Waals surface area (Å²) in [7, 11) is 1.59. The number of amides is 1. The van der Waals surface area contributed by atoms with Crippen LogP contribution >= 0.6 is 0 Å². The predicted octanol–water partition coefficient (Wildman–Crippen LogP) is 0.369. The Kier molecular flexibility index (Phi) is 5.43. The Balaban J connectivity index is 1.56. The molecule has 0 spiro atoms. The number of morpholine rings is 1. The Morgan fingerprint density at radius 1 is 1.39 bits per heavy atom. The fourth-order valence-corrected chi connectivity index (χ4v) is 2.96. The largest absolute Gasteiger partial charge is 0.481 e. The molecule has 0 unspecified atom stereocenters. The second-order valence-corrected chi connectivity index (χ2v) is 5.78. The van der Waals surface area contributed by atoms with E-state index in [2.05, 4.69) is 15.2 Å². The molecule has 2 fully saturated rings. The Bertz CT molecular complexity index is 517. The molecular formula is C16H23N3O4. The van der Waals surface area contributed by atoms with E-state index in [0.717, 1.165) is 25.1 Å². The molecule has 2 saturated heterocycles. The third-order valence-corrected chi connectivity index (χ3v) is 4.21. The molecule has 2 aliphatic heterocycles. The number of aromatic nitrogens is 1. The number of nitrogens with one attached hydrogen (secondary N) is 1. The van der Waals surface area contributed by atoms with E-state index in [-0.39, 0.29) is 18.1 Å². The van der Waals surface area contributed by atoms with Crippen molar-refractivity contribution in [1.82, 2.24) is 15.2 Å². The summed E-state index contributed by atoms with van der Waals surface area (Å²) in [5.74, 6) is 0.605. The number of methoxy groups -OCH3 is 1. The topological polar surface area (TPSA) is 72.9 Å². The summed E-state index contributed by atoms with van der Waals surface area (Å²) >= 11 is 0. The lowest BCUT2D eigenvalue weighted by Gasteiger charge is -2.27. The van der Waals surface area contributed by atoms with Gasteiger partial charge in [0, 0.05) is 37.5 Å². The van der Waals surface area contributed by atoms with Crippen LogP contribution < -0.4 is 10.1 Å². The maximum atomic E-state index is 12.3. The van der Waals surface area contributed by atoms with Crippen LogP contribution in [0.15, 0.2) is 18.3 Å². The van der Waals surface area contributed by atoms with Crippen molar-refractivity contribution in [2.24, 2.45) is 0 Å². The number of nitrogens with zero attached hydrogens (tertiary/aromatic N) is 2. The molecule has 1 amide bonds. The number of rotatable bonds is 5. The second kappa shape index (κ2) is 7.72. The van der Waals surface area contributed by atoms with Gasteiger partial charge in [-0.05, 0) is 12.5 Å². The van der Waals surface area contributed by atoms with Gasteiger partial charge in [0.2, 0.25) is 11.8 Å². The first-order valence-electron chi connectivity index (χ1n) is 7.97. The van der Waals surface area contributed by atoms with E-state index in [1.165, 1.54) is 0 Å². The lowest BCUT2D eigenvalue weighted by Crippen LogP contribution is -2.46. The molecule has 0 saturated carbocycles. The van der Waals surface area contributed by atoms with Crippen LogP contribution in [-0.2, 0) is 14.3 Å². The molecule has 0 aliphatic carbocycles. The first-order chi connectivity index (χ1) is 11.3. The second-order valence-electron chi connectivity index (χ2n) is 5.78. The maximum Gasteiger partial charge on any atom is 0.234 e. The molecule has 7 nitrogen and oxygen atoms in total. The van der Waals surface area contributed by atoms with E-state index in [4.69, 9.17) is 14.2 Å². The fraction of sp³-hybridized carbons (Fsp3) is 0.625. The molecule has 0 aromatic carbocycles. The van der Waals surface area contributed by atoms with Gasteiger partial charge in [-0.1, -0.05) is 0 Å². The van der Waals surface area contributed by atoms with Gasteiger partial charge in [-0.15, -0.1) is 0 Å². The molecule has 1 N–H and O–H groups in total. The van der Waals surface area contributed by atoms with Crippen molar-refractivity contribution in [1.29, 1.82) is 0 Å². The predicted molar refractivity (Wildman–Crippen MR) is 83.3 cm³/mol. The summed E-state index contributed by atoms with van der Waals surface area (Å²) < 4.78 is 16.2. The average Bonchev–Trinajstić information content (AvgIpc) is 3.03. The van der Waals surface area contributed by atoms with Gasteiger partial charge < -0.3 is 19.5 Å². The number of hydrogen-bond acceptors (Lipinski definition) is 6. The quantitative estimate of drug-likeness (QED) is 0.845. The van der Waals surface area contributed by atoms with Crippen LogP contribution in [-0.4, -0.2) is 68.4 Å². The Labute approximate surface area is 135 Å². The van der Waals surface area contributed by atoms with Gasteiger partial charge in [0.05, 0.1) is 32.9 Å². The molecule has 2 atom stereocenters. The van der Waals surface area contributed by atoms with E-state index in [1.807, 2.05) is 12.1 Å². The molecule has 1 aromatic rings. The molecular weight excluding hydrogens is 298 g/mol. The highest BCUT2D eigenvalue weighted by Gasteiger charge is 2.31. The van der Waals surface area contributed by atoms with Crippen molar-refractivity contribution in [3.8, 4) is 5.88 Å². The Morgan fingerprint density at radius 2 is 2.22 bits per heavy atom. The van der Waals surface area contributed by atoms with Gasteiger partial charge in [0.1, 0.15) is 6.10 Å². The molecule has 126 valence electrons.